The van der Waals surface area contributed by atoms with Gasteiger partial charge in [0, 0.05) is 25.5 Å². The summed E-state index contributed by atoms with van der Waals surface area (Å²) in [6.45, 7) is 4.53. The van der Waals surface area contributed by atoms with E-state index in [4.69, 9.17) is 4.74 Å². The van der Waals surface area contributed by atoms with E-state index >= 15 is 0 Å². The maximum atomic E-state index is 11.0. The lowest BCUT2D eigenvalue weighted by Crippen LogP contribution is -2.34. The molecule has 0 amide bonds. The molecule has 0 aromatic carbocycles. The van der Waals surface area contributed by atoms with Crippen molar-refractivity contribution in [3.8, 4) is 0 Å². The van der Waals surface area contributed by atoms with E-state index < -0.39 is 9.84 Å². The molecule has 0 aromatic rings. The van der Waals surface area contributed by atoms with Crippen LogP contribution in [0.1, 0.15) is 19.8 Å². The molecule has 1 rings (SSSR count). The lowest BCUT2D eigenvalue weighted by molar-refractivity contribution is 0.184. The van der Waals surface area contributed by atoms with Crippen LogP contribution in [-0.4, -0.2) is 46.2 Å². The van der Waals surface area contributed by atoms with E-state index in [-0.39, 0.29) is 11.8 Å². The predicted octanol–water partition coefficient (Wildman–Crippen LogP) is 0.436. The summed E-state index contributed by atoms with van der Waals surface area (Å²) >= 11 is 0. The molecule has 0 radical (unpaired) electrons. The van der Waals surface area contributed by atoms with Crippen molar-refractivity contribution in [2.24, 2.45) is 5.92 Å². The SMILES string of the molecule is CC(CS(C)(=O)=O)NCCC1CCOC1. The maximum absolute atomic E-state index is 11.0. The van der Waals surface area contributed by atoms with Gasteiger partial charge in [-0.1, -0.05) is 0 Å². The zero-order chi connectivity index (χ0) is 11.3. The summed E-state index contributed by atoms with van der Waals surface area (Å²) in [5.41, 5.74) is 0. The largest absolute Gasteiger partial charge is 0.381 e. The Hall–Kier alpha value is -0.130. The molecule has 0 aromatic heterocycles. The number of ether oxygens (including phenoxy) is 1. The first-order valence-electron chi connectivity index (χ1n) is 5.46. The molecule has 15 heavy (non-hydrogen) atoms. The van der Waals surface area contributed by atoms with E-state index in [0.717, 1.165) is 32.6 Å². The number of rotatable bonds is 6. The highest BCUT2D eigenvalue weighted by atomic mass is 32.2. The van der Waals surface area contributed by atoms with Crippen LogP contribution in [0.15, 0.2) is 0 Å². The van der Waals surface area contributed by atoms with Crippen molar-refractivity contribution in [1.82, 2.24) is 5.32 Å². The van der Waals surface area contributed by atoms with Crippen LogP contribution in [0.2, 0.25) is 0 Å². The van der Waals surface area contributed by atoms with E-state index in [1.807, 2.05) is 6.92 Å². The molecule has 1 saturated heterocycles. The zero-order valence-corrected chi connectivity index (χ0v) is 10.3. The molecular weight excluding hydrogens is 214 g/mol. The highest BCUT2D eigenvalue weighted by Gasteiger charge is 2.16. The number of hydrogen-bond acceptors (Lipinski definition) is 4. The molecule has 2 unspecified atom stereocenters. The van der Waals surface area contributed by atoms with E-state index in [1.165, 1.54) is 6.26 Å². The zero-order valence-electron chi connectivity index (χ0n) is 9.53. The maximum Gasteiger partial charge on any atom is 0.148 e. The number of nitrogens with one attached hydrogen (secondary N) is 1. The van der Waals surface area contributed by atoms with Crippen molar-refractivity contribution < 1.29 is 13.2 Å². The van der Waals surface area contributed by atoms with Gasteiger partial charge in [-0.05, 0) is 32.2 Å². The normalized spacial score (nSPS) is 24.3. The van der Waals surface area contributed by atoms with E-state index in [0.29, 0.717) is 5.92 Å². The average molecular weight is 235 g/mol. The van der Waals surface area contributed by atoms with Crippen molar-refractivity contribution in [3.05, 3.63) is 0 Å². The lowest BCUT2D eigenvalue weighted by Gasteiger charge is -2.14. The topological polar surface area (TPSA) is 55.4 Å². The summed E-state index contributed by atoms with van der Waals surface area (Å²) in [5, 5.41) is 3.23. The lowest BCUT2D eigenvalue weighted by atomic mass is 10.1. The van der Waals surface area contributed by atoms with E-state index in [2.05, 4.69) is 5.32 Å². The van der Waals surface area contributed by atoms with Crippen molar-refractivity contribution >= 4 is 9.84 Å². The highest BCUT2D eigenvalue weighted by Crippen LogP contribution is 2.15. The van der Waals surface area contributed by atoms with Crippen molar-refractivity contribution in [2.45, 2.75) is 25.8 Å². The van der Waals surface area contributed by atoms with Crippen LogP contribution in [0.5, 0.6) is 0 Å². The average Bonchev–Trinajstić information content (AvgIpc) is 2.53. The Morgan fingerprint density at radius 1 is 1.53 bits per heavy atom. The third-order valence-corrected chi connectivity index (χ3v) is 3.73. The van der Waals surface area contributed by atoms with Crippen LogP contribution in [-0.2, 0) is 14.6 Å². The Kier molecular flexibility index (Phi) is 5.02. The first-order chi connectivity index (χ1) is 6.97. The van der Waals surface area contributed by atoms with Gasteiger partial charge < -0.3 is 10.1 Å². The predicted molar refractivity (Wildman–Crippen MR) is 60.7 cm³/mol. The second kappa shape index (κ2) is 5.82. The minimum atomic E-state index is -2.86. The van der Waals surface area contributed by atoms with Gasteiger partial charge in [0.2, 0.25) is 0 Å². The van der Waals surface area contributed by atoms with Crippen LogP contribution >= 0.6 is 0 Å². The monoisotopic (exact) mass is 235 g/mol. The third-order valence-electron chi connectivity index (χ3n) is 2.62. The summed E-state index contributed by atoms with van der Waals surface area (Å²) in [6, 6.07) is 0.0438. The van der Waals surface area contributed by atoms with E-state index in [1.54, 1.807) is 0 Å². The van der Waals surface area contributed by atoms with Gasteiger partial charge in [0.15, 0.2) is 0 Å². The van der Waals surface area contributed by atoms with Gasteiger partial charge in [-0.2, -0.15) is 0 Å². The molecule has 1 aliphatic rings. The van der Waals surface area contributed by atoms with E-state index in [9.17, 15) is 8.42 Å². The number of sulfone groups is 1. The first-order valence-corrected chi connectivity index (χ1v) is 7.52. The molecule has 5 heteroatoms. The van der Waals surface area contributed by atoms with Crippen LogP contribution in [0.3, 0.4) is 0 Å². The Morgan fingerprint density at radius 3 is 2.80 bits per heavy atom. The summed E-state index contributed by atoms with van der Waals surface area (Å²) in [6.07, 6.45) is 3.49. The van der Waals surface area contributed by atoms with Crippen molar-refractivity contribution in [3.63, 3.8) is 0 Å². The Bertz CT molecular complexity index is 270. The van der Waals surface area contributed by atoms with Crippen molar-refractivity contribution in [2.75, 3.05) is 31.8 Å². The molecule has 0 saturated carbocycles. The molecule has 0 spiro atoms. The molecule has 1 fully saturated rings. The molecule has 1 N–H and O–H groups in total. The standard InChI is InChI=1S/C10H21NO3S/c1-9(8-15(2,12)13)11-5-3-10-4-6-14-7-10/h9-11H,3-8H2,1-2H3. The quantitative estimate of drug-likeness (QED) is 0.725. The van der Waals surface area contributed by atoms with Crippen LogP contribution in [0.4, 0.5) is 0 Å². The minimum Gasteiger partial charge on any atom is -0.381 e. The van der Waals surface area contributed by atoms with Gasteiger partial charge >= 0.3 is 0 Å². The molecule has 0 bridgehead atoms. The molecule has 90 valence electrons. The Labute approximate surface area is 92.3 Å². The summed E-state index contributed by atoms with van der Waals surface area (Å²) in [4.78, 5) is 0. The molecular formula is C10H21NO3S. The second-order valence-corrected chi connectivity index (χ2v) is 6.65. The smallest absolute Gasteiger partial charge is 0.148 e. The van der Waals surface area contributed by atoms with Gasteiger partial charge in [0.05, 0.1) is 5.75 Å². The van der Waals surface area contributed by atoms with Gasteiger partial charge in [-0.25, -0.2) is 8.42 Å². The van der Waals surface area contributed by atoms with Crippen LogP contribution in [0, 0.1) is 5.92 Å². The van der Waals surface area contributed by atoms with Crippen LogP contribution < -0.4 is 5.32 Å². The second-order valence-electron chi connectivity index (χ2n) is 4.47. The Morgan fingerprint density at radius 2 is 2.27 bits per heavy atom. The van der Waals surface area contributed by atoms with Crippen molar-refractivity contribution in [1.29, 1.82) is 0 Å². The fraction of sp³-hybridized carbons (Fsp3) is 1.00. The van der Waals surface area contributed by atoms with Gasteiger partial charge in [-0.3, -0.25) is 0 Å². The molecule has 1 aliphatic heterocycles. The minimum absolute atomic E-state index is 0.0438. The third kappa shape index (κ3) is 6.12. The molecule has 4 nitrogen and oxygen atoms in total. The van der Waals surface area contributed by atoms with Gasteiger partial charge in [0.25, 0.3) is 0 Å². The molecule has 0 aliphatic carbocycles. The first kappa shape index (κ1) is 12.9. The van der Waals surface area contributed by atoms with Gasteiger partial charge in [0.1, 0.15) is 9.84 Å². The summed E-state index contributed by atoms with van der Waals surface area (Å²) in [7, 11) is -2.86. The summed E-state index contributed by atoms with van der Waals surface area (Å²) < 4.78 is 27.3. The fourth-order valence-corrected chi connectivity index (χ4v) is 2.88. The fourth-order valence-electron chi connectivity index (χ4n) is 1.86. The number of hydrogen-bond donors (Lipinski definition) is 1. The molecule has 2 atom stereocenters. The summed E-state index contributed by atoms with van der Waals surface area (Å²) in [5.74, 6) is 0.872. The Balaban J connectivity index is 2.08. The molecule has 1 heterocycles. The van der Waals surface area contributed by atoms with Gasteiger partial charge in [-0.15, -0.1) is 0 Å². The highest BCUT2D eigenvalue weighted by molar-refractivity contribution is 7.90. The van der Waals surface area contributed by atoms with Crippen LogP contribution in [0.25, 0.3) is 0 Å².